The summed E-state index contributed by atoms with van der Waals surface area (Å²) in [4.78, 5) is 2.38. The first-order chi connectivity index (χ1) is 9.09. The number of piperazine rings is 1. The highest BCUT2D eigenvalue weighted by molar-refractivity contribution is 7.86. The lowest BCUT2D eigenvalue weighted by molar-refractivity contribution is 0.243. The summed E-state index contributed by atoms with van der Waals surface area (Å²) in [6.07, 6.45) is 3.33. The number of nitrogens with zero attached hydrogens (tertiary/aromatic N) is 3. The second-order valence-corrected chi connectivity index (χ2v) is 7.78. The molecular formula is C12H24N4O2S. The molecule has 2 atom stereocenters. The fourth-order valence-electron chi connectivity index (χ4n) is 3.53. The van der Waals surface area contributed by atoms with Crippen LogP contribution in [0.25, 0.3) is 0 Å². The Bertz CT molecular complexity index is 421. The Balaban J connectivity index is 1.74. The molecule has 3 rings (SSSR count). The number of fused-ring (bicyclic) bond motifs is 2. The summed E-state index contributed by atoms with van der Waals surface area (Å²) < 4.78 is 28.7. The summed E-state index contributed by atoms with van der Waals surface area (Å²) in [5, 5.41) is 3.20. The molecule has 19 heavy (non-hydrogen) atoms. The van der Waals surface area contributed by atoms with Crippen molar-refractivity contribution in [1.82, 2.24) is 18.8 Å². The van der Waals surface area contributed by atoms with Crippen LogP contribution in [-0.4, -0.2) is 80.3 Å². The molecule has 2 bridgehead atoms. The summed E-state index contributed by atoms with van der Waals surface area (Å²) in [5.74, 6) is 0. The lowest BCUT2D eigenvalue weighted by atomic mass is 10.1. The molecular weight excluding hydrogens is 264 g/mol. The minimum absolute atomic E-state index is 0.408. The van der Waals surface area contributed by atoms with E-state index < -0.39 is 10.2 Å². The van der Waals surface area contributed by atoms with E-state index in [0.29, 0.717) is 38.3 Å². The highest BCUT2D eigenvalue weighted by Crippen LogP contribution is 2.30. The number of rotatable bonds is 2. The Hall–Kier alpha value is -0.210. The monoisotopic (exact) mass is 288 g/mol. The van der Waals surface area contributed by atoms with Crippen molar-refractivity contribution < 1.29 is 8.42 Å². The number of likely N-dealkylation sites (N-methyl/N-ethyl adjacent to an activating group) is 1. The van der Waals surface area contributed by atoms with Gasteiger partial charge in [-0.15, -0.1) is 0 Å². The van der Waals surface area contributed by atoms with Crippen molar-refractivity contribution in [2.75, 3.05) is 46.3 Å². The molecule has 3 aliphatic heterocycles. The zero-order valence-corrected chi connectivity index (χ0v) is 12.4. The van der Waals surface area contributed by atoms with E-state index in [1.54, 1.807) is 8.61 Å². The highest BCUT2D eigenvalue weighted by atomic mass is 32.2. The second kappa shape index (κ2) is 5.29. The third kappa shape index (κ3) is 2.54. The molecule has 0 aliphatic carbocycles. The van der Waals surface area contributed by atoms with Crippen LogP contribution in [0.5, 0.6) is 0 Å². The molecule has 7 heteroatoms. The van der Waals surface area contributed by atoms with Crippen LogP contribution in [0.3, 0.4) is 0 Å². The van der Waals surface area contributed by atoms with Gasteiger partial charge >= 0.3 is 0 Å². The molecule has 0 amide bonds. The fraction of sp³-hybridized carbons (Fsp3) is 1.00. The van der Waals surface area contributed by atoms with Crippen LogP contribution in [0, 0.1) is 0 Å². The van der Waals surface area contributed by atoms with Gasteiger partial charge in [0.2, 0.25) is 0 Å². The molecule has 6 nitrogen and oxygen atoms in total. The molecule has 0 spiro atoms. The van der Waals surface area contributed by atoms with Crippen LogP contribution in [0.1, 0.15) is 19.3 Å². The van der Waals surface area contributed by atoms with Gasteiger partial charge in [0.15, 0.2) is 0 Å². The average Bonchev–Trinajstić information content (AvgIpc) is 2.63. The molecule has 0 radical (unpaired) electrons. The first kappa shape index (κ1) is 13.8. The van der Waals surface area contributed by atoms with E-state index in [2.05, 4.69) is 17.3 Å². The van der Waals surface area contributed by atoms with Gasteiger partial charge < -0.3 is 5.32 Å². The van der Waals surface area contributed by atoms with Gasteiger partial charge in [-0.25, -0.2) is 0 Å². The van der Waals surface area contributed by atoms with Gasteiger partial charge in [-0.3, -0.25) is 4.90 Å². The van der Waals surface area contributed by atoms with E-state index in [1.165, 1.54) is 6.42 Å². The van der Waals surface area contributed by atoms with Gasteiger partial charge in [0.05, 0.1) is 0 Å². The topological polar surface area (TPSA) is 55.9 Å². The lowest BCUT2D eigenvalue weighted by Crippen LogP contribution is -2.53. The maximum atomic E-state index is 12.7. The Morgan fingerprint density at radius 3 is 2.37 bits per heavy atom. The van der Waals surface area contributed by atoms with Crippen LogP contribution >= 0.6 is 0 Å². The molecule has 0 aromatic carbocycles. The molecule has 1 N–H and O–H groups in total. The molecule has 3 aliphatic rings. The highest BCUT2D eigenvalue weighted by Gasteiger charge is 2.40. The molecule has 110 valence electrons. The van der Waals surface area contributed by atoms with Gasteiger partial charge in [0.1, 0.15) is 0 Å². The lowest BCUT2D eigenvalue weighted by Gasteiger charge is -2.33. The van der Waals surface area contributed by atoms with Crippen LogP contribution < -0.4 is 5.32 Å². The van der Waals surface area contributed by atoms with Crippen molar-refractivity contribution in [1.29, 1.82) is 0 Å². The van der Waals surface area contributed by atoms with E-state index in [9.17, 15) is 8.42 Å². The standard InChI is InChI=1S/C12H24N4O2S/c1-14-11-2-3-12(14)10-16(7-4-11)19(17,18)15-8-5-13-6-9-15/h11-13H,2-10H2,1H3. The minimum Gasteiger partial charge on any atom is -0.314 e. The van der Waals surface area contributed by atoms with Crippen LogP contribution in [0.2, 0.25) is 0 Å². The SMILES string of the molecule is CN1C2CCC1CN(S(=O)(=O)N1CCNCC1)CC2. The molecule has 2 unspecified atom stereocenters. The Morgan fingerprint density at radius 2 is 1.63 bits per heavy atom. The largest absolute Gasteiger partial charge is 0.314 e. The summed E-state index contributed by atoms with van der Waals surface area (Å²) >= 11 is 0. The quantitative estimate of drug-likeness (QED) is 0.730. The van der Waals surface area contributed by atoms with Crippen molar-refractivity contribution in [3.63, 3.8) is 0 Å². The van der Waals surface area contributed by atoms with Gasteiger partial charge in [0, 0.05) is 51.4 Å². The average molecular weight is 288 g/mol. The van der Waals surface area contributed by atoms with Crippen molar-refractivity contribution in [2.45, 2.75) is 31.3 Å². The number of nitrogens with one attached hydrogen (secondary N) is 1. The predicted molar refractivity (Wildman–Crippen MR) is 74.1 cm³/mol. The Kier molecular flexibility index (Phi) is 3.83. The summed E-state index contributed by atoms with van der Waals surface area (Å²) in [6, 6.07) is 0.985. The Labute approximate surface area is 115 Å². The van der Waals surface area contributed by atoms with Gasteiger partial charge in [0.25, 0.3) is 10.2 Å². The molecule has 0 saturated carbocycles. The molecule has 3 saturated heterocycles. The van der Waals surface area contributed by atoms with E-state index in [0.717, 1.165) is 25.9 Å². The summed E-state index contributed by atoms with van der Waals surface area (Å²) in [6.45, 7) is 4.07. The molecule has 0 aromatic heterocycles. The minimum atomic E-state index is -3.25. The van der Waals surface area contributed by atoms with Crippen molar-refractivity contribution >= 4 is 10.2 Å². The van der Waals surface area contributed by atoms with E-state index in [-0.39, 0.29) is 0 Å². The second-order valence-electron chi connectivity index (χ2n) is 5.85. The third-order valence-corrected chi connectivity index (χ3v) is 6.84. The van der Waals surface area contributed by atoms with Crippen LogP contribution in [0.4, 0.5) is 0 Å². The number of hydrogen-bond donors (Lipinski definition) is 1. The first-order valence-electron chi connectivity index (χ1n) is 7.27. The van der Waals surface area contributed by atoms with E-state index >= 15 is 0 Å². The molecule has 3 fully saturated rings. The van der Waals surface area contributed by atoms with Crippen molar-refractivity contribution in [3.8, 4) is 0 Å². The van der Waals surface area contributed by atoms with Gasteiger partial charge in [-0.2, -0.15) is 17.0 Å². The van der Waals surface area contributed by atoms with E-state index in [4.69, 9.17) is 0 Å². The maximum Gasteiger partial charge on any atom is 0.282 e. The maximum absolute atomic E-state index is 12.7. The normalized spacial score (nSPS) is 35.4. The van der Waals surface area contributed by atoms with Crippen LogP contribution in [-0.2, 0) is 10.2 Å². The van der Waals surface area contributed by atoms with Crippen LogP contribution in [0.15, 0.2) is 0 Å². The summed E-state index contributed by atoms with van der Waals surface area (Å²) in [7, 11) is -1.11. The fourth-order valence-corrected chi connectivity index (χ4v) is 5.19. The van der Waals surface area contributed by atoms with Crippen molar-refractivity contribution in [3.05, 3.63) is 0 Å². The van der Waals surface area contributed by atoms with E-state index in [1.807, 2.05) is 0 Å². The van der Waals surface area contributed by atoms with Gasteiger partial charge in [-0.1, -0.05) is 0 Å². The zero-order chi connectivity index (χ0) is 13.5. The number of hydrogen-bond acceptors (Lipinski definition) is 4. The first-order valence-corrected chi connectivity index (χ1v) is 8.66. The molecule has 3 heterocycles. The van der Waals surface area contributed by atoms with Crippen molar-refractivity contribution in [2.24, 2.45) is 0 Å². The Morgan fingerprint density at radius 1 is 0.947 bits per heavy atom. The third-order valence-electron chi connectivity index (χ3n) is 4.84. The summed E-state index contributed by atoms with van der Waals surface area (Å²) in [5.41, 5.74) is 0. The zero-order valence-electron chi connectivity index (χ0n) is 11.6. The smallest absolute Gasteiger partial charge is 0.282 e. The predicted octanol–water partition coefficient (Wildman–Crippen LogP) is -0.695. The van der Waals surface area contributed by atoms with Gasteiger partial charge in [-0.05, 0) is 26.3 Å². The molecule has 0 aromatic rings.